The molecule has 35 heavy (non-hydrogen) atoms. The van der Waals surface area contributed by atoms with Gasteiger partial charge in [0.25, 0.3) is 5.60 Å². The van der Waals surface area contributed by atoms with Crippen LogP contribution >= 0.6 is 11.6 Å². The summed E-state index contributed by atoms with van der Waals surface area (Å²) >= 11 is 6.20. The number of rotatable bonds is 4. The Morgan fingerprint density at radius 2 is 1.43 bits per heavy atom. The van der Waals surface area contributed by atoms with Gasteiger partial charge in [0.2, 0.25) is 0 Å². The van der Waals surface area contributed by atoms with Crippen LogP contribution in [-0.2, 0) is 0 Å². The summed E-state index contributed by atoms with van der Waals surface area (Å²) in [6.07, 6.45) is -12.9. The number of hydrogen-bond acceptors (Lipinski definition) is 3. The first-order chi connectivity index (χ1) is 16.3. The summed E-state index contributed by atoms with van der Waals surface area (Å²) in [5, 5.41) is 14.7. The lowest BCUT2D eigenvalue weighted by Crippen LogP contribution is -2.62. The van der Waals surface area contributed by atoms with Crippen molar-refractivity contribution in [2.75, 3.05) is 5.01 Å². The first-order valence-corrected chi connectivity index (χ1v) is 10.9. The van der Waals surface area contributed by atoms with Crippen molar-refractivity contribution >= 4 is 23.0 Å². The SMILES string of the molecule is Cc1ccccc1-c1ccc(C2CC(C(O)(C(F)(F)F)C(F)(F)F)=NN2c2ccccc2Cl)cc1. The van der Waals surface area contributed by atoms with Crippen molar-refractivity contribution in [2.24, 2.45) is 5.10 Å². The van der Waals surface area contributed by atoms with Gasteiger partial charge in [-0.3, -0.25) is 5.01 Å². The molecule has 1 atom stereocenters. The zero-order chi connectivity index (χ0) is 25.6. The molecule has 0 radical (unpaired) electrons. The van der Waals surface area contributed by atoms with Crippen LogP contribution in [0.1, 0.15) is 23.6 Å². The topological polar surface area (TPSA) is 35.8 Å². The van der Waals surface area contributed by atoms with Crippen LogP contribution in [0.3, 0.4) is 0 Å². The third-order valence-electron chi connectivity index (χ3n) is 6.00. The number of halogens is 7. The Kier molecular flexibility index (Phi) is 6.36. The molecule has 1 N–H and O–H groups in total. The van der Waals surface area contributed by atoms with Crippen LogP contribution in [0, 0.1) is 6.92 Å². The Balaban J connectivity index is 1.80. The quantitative estimate of drug-likeness (QED) is 0.368. The molecular formula is C25H19ClF6N2O. The van der Waals surface area contributed by atoms with E-state index in [0.717, 1.165) is 21.7 Å². The Labute approximate surface area is 202 Å². The van der Waals surface area contributed by atoms with Crippen molar-refractivity contribution in [3.05, 3.63) is 88.9 Å². The molecular weight excluding hydrogens is 494 g/mol. The van der Waals surface area contributed by atoms with Gasteiger partial charge in [-0.25, -0.2) is 0 Å². The summed E-state index contributed by atoms with van der Waals surface area (Å²) < 4.78 is 81.4. The highest BCUT2D eigenvalue weighted by Gasteiger charge is 2.74. The van der Waals surface area contributed by atoms with Gasteiger partial charge in [0.15, 0.2) is 0 Å². The highest BCUT2D eigenvalue weighted by molar-refractivity contribution is 6.33. The fourth-order valence-electron chi connectivity index (χ4n) is 4.12. The molecule has 1 unspecified atom stereocenters. The highest BCUT2D eigenvalue weighted by atomic mass is 35.5. The highest BCUT2D eigenvalue weighted by Crippen LogP contribution is 2.49. The molecule has 3 aromatic rings. The van der Waals surface area contributed by atoms with E-state index in [1.54, 1.807) is 30.3 Å². The Morgan fingerprint density at radius 1 is 0.857 bits per heavy atom. The van der Waals surface area contributed by atoms with Crippen LogP contribution in [0.15, 0.2) is 77.9 Å². The van der Waals surface area contributed by atoms with Gasteiger partial charge < -0.3 is 5.11 Å². The van der Waals surface area contributed by atoms with Crippen molar-refractivity contribution in [3.63, 3.8) is 0 Å². The summed E-state index contributed by atoms with van der Waals surface area (Å²) in [6.45, 7) is 1.93. The van der Waals surface area contributed by atoms with Crippen molar-refractivity contribution < 1.29 is 31.4 Å². The van der Waals surface area contributed by atoms with Gasteiger partial charge in [-0.1, -0.05) is 72.3 Å². The number of alkyl halides is 6. The number of hydrogen-bond donors (Lipinski definition) is 1. The minimum Gasteiger partial charge on any atom is -0.369 e. The predicted molar refractivity (Wildman–Crippen MR) is 122 cm³/mol. The maximum absolute atomic E-state index is 13.6. The van der Waals surface area contributed by atoms with Gasteiger partial charge in [-0.15, -0.1) is 0 Å². The average Bonchev–Trinajstić information content (AvgIpc) is 3.23. The van der Waals surface area contributed by atoms with E-state index in [1.807, 2.05) is 31.2 Å². The molecule has 0 fully saturated rings. The Hall–Kier alpha value is -3.04. The minimum absolute atomic E-state index is 0.0848. The summed E-state index contributed by atoms with van der Waals surface area (Å²) in [4.78, 5) is 0. The lowest BCUT2D eigenvalue weighted by molar-refractivity contribution is -0.338. The number of aliphatic hydroxyl groups is 1. The largest absolute Gasteiger partial charge is 0.431 e. The number of hydrazone groups is 1. The van der Waals surface area contributed by atoms with Crippen molar-refractivity contribution in [1.82, 2.24) is 0 Å². The summed E-state index contributed by atoms with van der Waals surface area (Å²) in [6, 6.07) is 19.2. The number of para-hydroxylation sites is 1. The molecule has 3 nitrogen and oxygen atoms in total. The van der Waals surface area contributed by atoms with Gasteiger partial charge in [0, 0.05) is 6.42 Å². The number of nitrogens with zero attached hydrogens (tertiary/aromatic N) is 2. The predicted octanol–water partition coefficient (Wildman–Crippen LogP) is 7.48. The fourth-order valence-corrected chi connectivity index (χ4v) is 4.34. The van der Waals surface area contributed by atoms with Gasteiger partial charge in [0.1, 0.15) is 0 Å². The molecule has 0 aromatic heterocycles. The maximum Gasteiger partial charge on any atom is 0.431 e. The van der Waals surface area contributed by atoms with Crippen LogP contribution in [0.4, 0.5) is 32.0 Å². The minimum atomic E-state index is -6.03. The van der Waals surface area contributed by atoms with Crippen LogP contribution in [0.5, 0.6) is 0 Å². The third-order valence-corrected chi connectivity index (χ3v) is 6.32. The smallest absolute Gasteiger partial charge is 0.369 e. The molecule has 1 aliphatic rings. The Morgan fingerprint density at radius 3 is 2.00 bits per heavy atom. The van der Waals surface area contributed by atoms with E-state index >= 15 is 0 Å². The molecule has 0 spiro atoms. The second-order valence-electron chi connectivity index (χ2n) is 8.21. The Bertz CT molecular complexity index is 1240. The summed E-state index contributed by atoms with van der Waals surface area (Å²) in [5.41, 5.74) is -3.26. The number of anilines is 1. The molecule has 1 heterocycles. The second kappa shape index (κ2) is 8.87. The van der Waals surface area contributed by atoms with E-state index in [1.165, 1.54) is 18.2 Å². The van der Waals surface area contributed by atoms with Crippen molar-refractivity contribution in [3.8, 4) is 11.1 Å². The van der Waals surface area contributed by atoms with E-state index in [9.17, 15) is 31.4 Å². The van der Waals surface area contributed by atoms with Gasteiger partial charge in [-0.05, 0) is 41.3 Å². The molecule has 184 valence electrons. The van der Waals surface area contributed by atoms with Gasteiger partial charge in [-0.2, -0.15) is 31.4 Å². The van der Waals surface area contributed by atoms with E-state index < -0.39 is 36.1 Å². The molecule has 0 saturated carbocycles. The van der Waals surface area contributed by atoms with Crippen molar-refractivity contribution in [2.45, 2.75) is 37.3 Å². The second-order valence-corrected chi connectivity index (χ2v) is 8.61. The molecule has 1 aliphatic heterocycles. The van der Waals surface area contributed by atoms with Crippen LogP contribution in [-0.4, -0.2) is 28.8 Å². The monoisotopic (exact) mass is 512 g/mol. The van der Waals surface area contributed by atoms with E-state index in [-0.39, 0.29) is 10.7 Å². The molecule has 0 saturated heterocycles. The zero-order valence-electron chi connectivity index (χ0n) is 18.2. The average molecular weight is 513 g/mol. The third kappa shape index (κ3) is 4.38. The lowest BCUT2D eigenvalue weighted by atomic mass is 9.89. The first kappa shape index (κ1) is 25.1. The molecule has 0 bridgehead atoms. The van der Waals surface area contributed by atoms with Crippen LogP contribution < -0.4 is 5.01 Å². The number of aryl methyl sites for hydroxylation is 1. The van der Waals surface area contributed by atoms with Gasteiger partial charge >= 0.3 is 12.4 Å². The van der Waals surface area contributed by atoms with E-state index in [0.29, 0.717) is 5.56 Å². The molecule has 0 amide bonds. The zero-order valence-corrected chi connectivity index (χ0v) is 19.0. The van der Waals surface area contributed by atoms with Crippen molar-refractivity contribution in [1.29, 1.82) is 0 Å². The molecule has 4 rings (SSSR count). The van der Waals surface area contributed by atoms with Crippen LogP contribution in [0.2, 0.25) is 5.02 Å². The maximum atomic E-state index is 13.6. The first-order valence-electron chi connectivity index (χ1n) is 10.5. The lowest BCUT2D eigenvalue weighted by Gasteiger charge is -2.32. The van der Waals surface area contributed by atoms with E-state index in [4.69, 9.17) is 11.6 Å². The normalized spacial score (nSPS) is 17.0. The summed E-state index contributed by atoms with van der Waals surface area (Å²) in [7, 11) is 0. The molecule has 10 heteroatoms. The number of benzene rings is 3. The summed E-state index contributed by atoms with van der Waals surface area (Å²) in [5.74, 6) is 0. The molecule has 3 aromatic carbocycles. The fraction of sp³-hybridized carbons (Fsp3) is 0.240. The van der Waals surface area contributed by atoms with Gasteiger partial charge in [0.05, 0.1) is 22.5 Å². The molecule has 0 aliphatic carbocycles. The van der Waals surface area contributed by atoms with Crippen LogP contribution in [0.25, 0.3) is 11.1 Å². The standard InChI is InChI=1S/C25H19ClF6N2O/c1-15-6-2-3-7-18(15)16-10-12-17(13-11-16)21-14-22(23(35,24(27,28)29)25(30,31)32)33-34(21)20-9-5-4-8-19(20)26/h2-13,21,35H,14H2,1H3. The van der Waals surface area contributed by atoms with E-state index in [2.05, 4.69) is 5.10 Å².